The summed E-state index contributed by atoms with van der Waals surface area (Å²) in [5.41, 5.74) is 2.00. The molecule has 7 rings (SSSR count). The summed E-state index contributed by atoms with van der Waals surface area (Å²) in [6.45, 7) is 9.63. The Morgan fingerprint density at radius 1 is 0.792 bits per heavy atom. The van der Waals surface area contributed by atoms with Crippen molar-refractivity contribution >= 4 is 5.78 Å². The first kappa shape index (κ1) is 39.5. The van der Waals surface area contributed by atoms with E-state index in [0.29, 0.717) is 37.9 Å². The number of furan rings is 1. The standard InChI is InChI=1S/C40H60O13/c1-19-24(12-13-47-19)25-10-11-27-26(37(25)44)9-8-23-14-30(29(42)18-40(23,27)5)51-34-17-32(46-7)39(22(4)50-34)53-33-15-28(41)38(21(3)49-33)52-35-16-31(45-6)36(43)20(2)48-35/h8,12-13,20-22,25-36,38-39,41-43H,9-11,14-18H2,1-7H3/t20-,21+,22+,25-,26+,27+,28-,29+,30-,31+,32+,33+,34+,35+,36-,38+,39-,40+/m0/s1. The number of ether oxygens (including phenoxy) is 8. The van der Waals surface area contributed by atoms with Gasteiger partial charge in [0.05, 0.1) is 55.1 Å². The quantitative estimate of drug-likeness (QED) is 0.310. The second-order valence-electron chi connectivity index (χ2n) is 16.5. The second-order valence-corrected chi connectivity index (χ2v) is 16.5. The van der Waals surface area contributed by atoms with Crippen LogP contribution in [0.4, 0.5) is 0 Å². The molecule has 13 heteroatoms. The second kappa shape index (κ2) is 16.0. The highest BCUT2D eigenvalue weighted by Crippen LogP contribution is 2.58. The molecule has 0 amide bonds. The normalized spacial score (nSPS) is 47.8. The highest BCUT2D eigenvalue weighted by Gasteiger charge is 2.55. The van der Waals surface area contributed by atoms with Crippen LogP contribution in [-0.4, -0.2) is 121 Å². The molecular formula is C40H60O13. The number of aliphatic hydroxyl groups is 3. The van der Waals surface area contributed by atoms with Gasteiger partial charge in [-0.2, -0.15) is 0 Å². The molecule has 4 heterocycles. The number of Topliss-reactive ketones (excluding diaryl/α,β-unsaturated/α-hetero) is 1. The van der Waals surface area contributed by atoms with Crippen LogP contribution in [0.1, 0.15) is 96.3 Å². The molecule has 5 fully saturated rings. The molecule has 3 aliphatic carbocycles. The SMILES string of the molecule is CO[C@@H]1C[C@@H](O[C@H]2[C@@H](O)C[C@@H](O[C@H]3[C@@H](C)O[C@H](O[C@H]4CC5=CC[C@H]6C(=O)[C@H](c7ccoc7C)CC[C@H]6[C@]5(C)C[C@H]4O)C[C@H]3OC)O[C@@H]2C)O[C@@H](C)[C@@H]1O. The Hall–Kier alpha value is -1.75. The molecule has 0 bridgehead atoms. The molecule has 2 saturated carbocycles. The van der Waals surface area contributed by atoms with Gasteiger partial charge in [0.1, 0.15) is 29.9 Å². The lowest BCUT2D eigenvalue weighted by Gasteiger charge is -2.54. The Morgan fingerprint density at radius 3 is 2.11 bits per heavy atom. The van der Waals surface area contributed by atoms with Gasteiger partial charge in [-0.05, 0) is 77.2 Å². The average Bonchev–Trinajstić information content (AvgIpc) is 3.54. The van der Waals surface area contributed by atoms with Gasteiger partial charge in [0.2, 0.25) is 0 Å². The molecule has 3 saturated heterocycles. The molecule has 3 aliphatic heterocycles. The molecule has 0 aromatic carbocycles. The summed E-state index contributed by atoms with van der Waals surface area (Å²) in [6.07, 6.45) is 0.130. The largest absolute Gasteiger partial charge is 0.469 e. The predicted molar refractivity (Wildman–Crippen MR) is 189 cm³/mol. The summed E-state index contributed by atoms with van der Waals surface area (Å²) < 4.78 is 54.3. The fourth-order valence-corrected chi connectivity index (χ4v) is 10.3. The van der Waals surface area contributed by atoms with Gasteiger partial charge in [-0.25, -0.2) is 0 Å². The van der Waals surface area contributed by atoms with E-state index in [1.54, 1.807) is 27.4 Å². The maximum absolute atomic E-state index is 13.8. The highest BCUT2D eigenvalue weighted by atomic mass is 16.7. The molecule has 3 N–H and O–H groups in total. The van der Waals surface area contributed by atoms with Crippen LogP contribution in [0.5, 0.6) is 0 Å². The average molecular weight is 749 g/mol. The van der Waals surface area contributed by atoms with Gasteiger partial charge in [-0.1, -0.05) is 18.6 Å². The van der Waals surface area contributed by atoms with Crippen molar-refractivity contribution in [2.24, 2.45) is 17.3 Å². The van der Waals surface area contributed by atoms with E-state index in [1.807, 2.05) is 26.8 Å². The van der Waals surface area contributed by atoms with Crippen molar-refractivity contribution in [2.45, 2.75) is 178 Å². The molecular weight excluding hydrogens is 688 g/mol. The lowest BCUT2D eigenvalue weighted by atomic mass is 9.51. The Bertz CT molecular complexity index is 1430. The lowest BCUT2D eigenvalue weighted by molar-refractivity contribution is -0.338. The van der Waals surface area contributed by atoms with Crippen LogP contribution in [0, 0.1) is 24.2 Å². The monoisotopic (exact) mass is 748 g/mol. The van der Waals surface area contributed by atoms with Crippen molar-refractivity contribution < 1.29 is 62.4 Å². The van der Waals surface area contributed by atoms with Crippen LogP contribution in [0.15, 0.2) is 28.4 Å². The van der Waals surface area contributed by atoms with E-state index in [9.17, 15) is 20.1 Å². The maximum atomic E-state index is 13.8. The van der Waals surface area contributed by atoms with Crippen LogP contribution >= 0.6 is 0 Å². The number of methoxy groups -OCH3 is 2. The number of hydrogen-bond acceptors (Lipinski definition) is 13. The third-order valence-electron chi connectivity index (χ3n) is 13.4. The predicted octanol–water partition coefficient (Wildman–Crippen LogP) is 4.07. The molecule has 0 unspecified atom stereocenters. The molecule has 13 nitrogen and oxygen atoms in total. The summed E-state index contributed by atoms with van der Waals surface area (Å²) in [5.74, 6) is 1.11. The Morgan fingerprint density at radius 2 is 1.43 bits per heavy atom. The van der Waals surface area contributed by atoms with Crippen LogP contribution in [0.25, 0.3) is 0 Å². The highest BCUT2D eigenvalue weighted by molar-refractivity contribution is 5.89. The van der Waals surface area contributed by atoms with Gasteiger partial charge in [0.25, 0.3) is 0 Å². The fourth-order valence-electron chi connectivity index (χ4n) is 10.3. The number of allylic oxidation sites excluding steroid dienone is 1. The van der Waals surface area contributed by atoms with Gasteiger partial charge in [0, 0.05) is 50.9 Å². The van der Waals surface area contributed by atoms with E-state index in [4.69, 9.17) is 42.3 Å². The Balaban J connectivity index is 0.932. The van der Waals surface area contributed by atoms with E-state index >= 15 is 0 Å². The smallest absolute Gasteiger partial charge is 0.161 e. The van der Waals surface area contributed by atoms with Gasteiger partial charge in [0.15, 0.2) is 18.9 Å². The van der Waals surface area contributed by atoms with Crippen LogP contribution < -0.4 is 0 Å². The number of hydrogen-bond donors (Lipinski definition) is 3. The fraction of sp³-hybridized carbons (Fsp3) is 0.825. The van der Waals surface area contributed by atoms with Gasteiger partial charge in [-0.3, -0.25) is 4.79 Å². The summed E-state index contributed by atoms with van der Waals surface area (Å²) in [4.78, 5) is 13.8. The molecule has 0 radical (unpaired) electrons. The number of carbonyl (C=O) groups is 1. The number of carbonyl (C=O) groups excluding carboxylic acids is 1. The minimum Gasteiger partial charge on any atom is -0.469 e. The third kappa shape index (κ3) is 7.70. The van der Waals surface area contributed by atoms with E-state index in [1.165, 1.54) is 5.57 Å². The molecule has 6 aliphatic rings. The van der Waals surface area contributed by atoms with Gasteiger partial charge >= 0.3 is 0 Å². The van der Waals surface area contributed by atoms with Crippen molar-refractivity contribution in [2.75, 3.05) is 14.2 Å². The van der Waals surface area contributed by atoms with Crippen LogP contribution in [0.2, 0.25) is 0 Å². The summed E-state index contributed by atoms with van der Waals surface area (Å²) in [5, 5.41) is 33.0. The molecule has 1 aromatic heterocycles. The first-order chi connectivity index (χ1) is 25.3. The van der Waals surface area contributed by atoms with Crippen LogP contribution in [-0.2, 0) is 42.7 Å². The topological polar surface area (TPSA) is 165 Å². The summed E-state index contributed by atoms with van der Waals surface area (Å²) >= 11 is 0. The van der Waals surface area contributed by atoms with Gasteiger partial charge < -0.3 is 57.6 Å². The number of rotatable bonds is 9. The van der Waals surface area contributed by atoms with Gasteiger partial charge in [-0.15, -0.1) is 0 Å². The number of fused-ring (bicyclic) bond motifs is 3. The third-order valence-corrected chi connectivity index (χ3v) is 13.4. The van der Waals surface area contributed by atoms with E-state index in [0.717, 1.165) is 24.2 Å². The maximum Gasteiger partial charge on any atom is 0.161 e. The van der Waals surface area contributed by atoms with E-state index in [-0.39, 0.29) is 35.7 Å². The van der Waals surface area contributed by atoms with Crippen molar-refractivity contribution in [1.82, 2.24) is 0 Å². The van der Waals surface area contributed by atoms with Crippen molar-refractivity contribution in [3.05, 3.63) is 35.3 Å². The first-order valence-corrected chi connectivity index (χ1v) is 19.6. The number of aryl methyl sites for hydroxylation is 1. The minimum atomic E-state index is -0.885. The van der Waals surface area contributed by atoms with E-state index in [2.05, 4.69) is 13.0 Å². The zero-order valence-electron chi connectivity index (χ0n) is 32.1. The molecule has 298 valence electrons. The minimum absolute atomic E-state index is 0.0626. The Kier molecular flexibility index (Phi) is 11.9. The zero-order valence-corrected chi connectivity index (χ0v) is 32.1. The van der Waals surface area contributed by atoms with Crippen molar-refractivity contribution in [1.29, 1.82) is 0 Å². The first-order valence-electron chi connectivity index (χ1n) is 19.6. The van der Waals surface area contributed by atoms with E-state index < -0.39 is 79.9 Å². The number of ketones is 1. The summed E-state index contributed by atoms with van der Waals surface area (Å²) in [7, 11) is 3.17. The zero-order chi connectivity index (χ0) is 37.8. The molecule has 18 atom stereocenters. The molecule has 0 spiro atoms. The lowest BCUT2D eigenvalue weighted by Crippen LogP contribution is -2.57. The number of aliphatic hydroxyl groups excluding tert-OH is 3. The molecule has 1 aromatic rings. The van der Waals surface area contributed by atoms with Crippen LogP contribution in [0.3, 0.4) is 0 Å². The summed E-state index contributed by atoms with van der Waals surface area (Å²) in [6, 6.07) is 1.94. The molecule has 53 heavy (non-hydrogen) atoms. The van der Waals surface area contributed by atoms with Crippen molar-refractivity contribution in [3.63, 3.8) is 0 Å². The van der Waals surface area contributed by atoms with Crippen molar-refractivity contribution in [3.8, 4) is 0 Å². The Labute approximate surface area is 312 Å².